The standard InChI is InChI=1S/C16H31N3O/c1-12(2)16(20)19-9-6-14(7-10-19)18-13(3)11-15-5-4-8-17-15/h12-15,17-18H,4-11H2,1-3H3. The van der Waals surface area contributed by atoms with Crippen molar-refractivity contribution in [2.75, 3.05) is 19.6 Å². The number of likely N-dealkylation sites (tertiary alicyclic amines) is 1. The Morgan fingerprint density at radius 3 is 2.50 bits per heavy atom. The van der Waals surface area contributed by atoms with Crippen LogP contribution in [0.4, 0.5) is 0 Å². The van der Waals surface area contributed by atoms with Gasteiger partial charge in [0.2, 0.25) is 5.91 Å². The quantitative estimate of drug-likeness (QED) is 0.807. The van der Waals surface area contributed by atoms with Gasteiger partial charge in [-0.25, -0.2) is 0 Å². The van der Waals surface area contributed by atoms with Crippen molar-refractivity contribution in [3.8, 4) is 0 Å². The van der Waals surface area contributed by atoms with Crippen molar-refractivity contribution < 1.29 is 4.79 Å². The van der Waals surface area contributed by atoms with Gasteiger partial charge in [-0.15, -0.1) is 0 Å². The maximum Gasteiger partial charge on any atom is 0.225 e. The predicted molar refractivity (Wildman–Crippen MR) is 82.7 cm³/mol. The third-order valence-electron chi connectivity index (χ3n) is 4.62. The van der Waals surface area contributed by atoms with Crippen LogP contribution < -0.4 is 10.6 Å². The normalized spacial score (nSPS) is 26.2. The van der Waals surface area contributed by atoms with Crippen LogP contribution in [0.15, 0.2) is 0 Å². The Balaban J connectivity index is 1.67. The summed E-state index contributed by atoms with van der Waals surface area (Å²) in [5, 5.41) is 7.32. The van der Waals surface area contributed by atoms with Gasteiger partial charge in [-0.05, 0) is 45.6 Å². The SMILES string of the molecule is CC(CC1CCCN1)NC1CCN(C(=O)C(C)C)CC1. The molecule has 0 aliphatic carbocycles. The third kappa shape index (κ3) is 4.45. The predicted octanol–water partition coefficient (Wildman–Crippen LogP) is 1.75. The van der Waals surface area contributed by atoms with Crippen LogP contribution in [0, 0.1) is 5.92 Å². The smallest absolute Gasteiger partial charge is 0.225 e. The number of carbonyl (C=O) groups excluding carboxylic acids is 1. The zero-order chi connectivity index (χ0) is 14.5. The van der Waals surface area contributed by atoms with Gasteiger partial charge < -0.3 is 15.5 Å². The molecular weight excluding hydrogens is 250 g/mol. The Morgan fingerprint density at radius 2 is 1.95 bits per heavy atom. The van der Waals surface area contributed by atoms with Crippen molar-refractivity contribution in [3.63, 3.8) is 0 Å². The largest absolute Gasteiger partial charge is 0.342 e. The number of nitrogens with zero attached hydrogens (tertiary/aromatic N) is 1. The molecular formula is C16H31N3O. The lowest BCUT2D eigenvalue weighted by atomic mass is 10.0. The number of rotatable bonds is 5. The second kappa shape index (κ2) is 7.41. The summed E-state index contributed by atoms with van der Waals surface area (Å²) in [7, 11) is 0. The summed E-state index contributed by atoms with van der Waals surface area (Å²) in [5.41, 5.74) is 0. The zero-order valence-electron chi connectivity index (χ0n) is 13.3. The second-order valence-electron chi connectivity index (χ2n) is 6.85. The monoisotopic (exact) mass is 281 g/mol. The van der Waals surface area contributed by atoms with Gasteiger partial charge in [0.15, 0.2) is 0 Å². The Hall–Kier alpha value is -0.610. The minimum absolute atomic E-state index is 0.131. The highest BCUT2D eigenvalue weighted by molar-refractivity contribution is 5.78. The third-order valence-corrected chi connectivity index (χ3v) is 4.62. The minimum atomic E-state index is 0.131. The summed E-state index contributed by atoms with van der Waals surface area (Å²) in [4.78, 5) is 14.0. The molecule has 1 amide bonds. The molecule has 2 unspecified atom stereocenters. The molecule has 2 aliphatic rings. The molecule has 2 aliphatic heterocycles. The number of carbonyl (C=O) groups is 1. The fourth-order valence-corrected chi connectivity index (χ4v) is 3.49. The molecule has 4 heteroatoms. The van der Waals surface area contributed by atoms with E-state index in [0.717, 1.165) is 25.9 Å². The lowest BCUT2D eigenvalue weighted by Gasteiger charge is -2.35. The molecule has 0 aromatic heterocycles. The van der Waals surface area contributed by atoms with E-state index in [0.29, 0.717) is 24.0 Å². The second-order valence-corrected chi connectivity index (χ2v) is 6.85. The van der Waals surface area contributed by atoms with Gasteiger partial charge >= 0.3 is 0 Å². The number of hydrogen-bond acceptors (Lipinski definition) is 3. The Bertz CT molecular complexity index is 305. The van der Waals surface area contributed by atoms with Crippen LogP contribution >= 0.6 is 0 Å². The molecule has 2 fully saturated rings. The van der Waals surface area contributed by atoms with Gasteiger partial charge in [-0.2, -0.15) is 0 Å². The fraction of sp³-hybridized carbons (Fsp3) is 0.938. The molecule has 116 valence electrons. The molecule has 2 atom stereocenters. The van der Waals surface area contributed by atoms with E-state index in [-0.39, 0.29) is 5.92 Å². The fourth-order valence-electron chi connectivity index (χ4n) is 3.49. The highest BCUT2D eigenvalue weighted by atomic mass is 16.2. The summed E-state index contributed by atoms with van der Waals surface area (Å²) in [6.07, 6.45) is 6.08. The number of amides is 1. The van der Waals surface area contributed by atoms with Crippen molar-refractivity contribution in [1.82, 2.24) is 15.5 Å². The first-order valence-corrected chi connectivity index (χ1v) is 8.34. The van der Waals surface area contributed by atoms with Gasteiger partial charge in [-0.1, -0.05) is 13.8 Å². The van der Waals surface area contributed by atoms with Crippen LogP contribution in [-0.2, 0) is 4.79 Å². The van der Waals surface area contributed by atoms with E-state index in [1.165, 1.54) is 25.8 Å². The Kier molecular flexibility index (Phi) is 5.85. The van der Waals surface area contributed by atoms with Crippen LogP contribution in [0.3, 0.4) is 0 Å². The first kappa shape index (κ1) is 15.8. The van der Waals surface area contributed by atoms with Crippen LogP contribution in [-0.4, -0.2) is 48.6 Å². The molecule has 2 N–H and O–H groups in total. The number of hydrogen-bond donors (Lipinski definition) is 2. The van der Waals surface area contributed by atoms with Gasteiger partial charge in [0.25, 0.3) is 0 Å². The lowest BCUT2D eigenvalue weighted by Crippen LogP contribution is -2.48. The number of piperidine rings is 1. The van der Waals surface area contributed by atoms with E-state index in [4.69, 9.17) is 0 Å². The van der Waals surface area contributed by atoms with E-state index in [9.17, 15) is 4.79 Å². The molecule has 2 rings (SSSR count). The molecule has 0 radical (unpaired) electrons. The maximum atomic E-state index is 12.0. The topological polar surface area (TPSA) is 44.4 Å². The van der Waals surface area contributed by atoms with Crippen molar-refractivity contribution >= 4 is 5.91 Å². The highest BCUT2D eigenvalue weighted by Crippen LogP contribution is 2.16. The molecule has 0 saturated carbocycles. The van der Waals surface area contributed by atoms with E-state index in [2.05, 4.69) is 17.6 Å². The van der Waals surface area contributed by atoms with Gasteiger partial charge in [0, 0.05) is 37.1 Å². The van der Waals surface area contributed by atoms with E-state index in [1.54, 1.807) is 0 Å². The highest BCUT2D eigenvalue weighted by Gasteiger charge is 2.25. The van der Waals surface area contributed by atoms with Crippen molar-refractivity contribution in [3.05, 3.63) is 0 Å². The summed E-state index contributed by atoms with van der Waals surface area (Å²) < 4.78 is 0. The first-order valence-electron chi connectivity index (χ1n) is 8.34. The first-order chi connectivity index (χ1) is 9.56. The molecule has 0 aromatic carbocycles. The molecule has 2 saturated heterocycles. The Morgan fingerprint density at radius 1 is 1.25 bits per heavy atom. The van der Waals surface area contributed by atoms with Gasteiger partial charge in [0.05, 0.1) is 0 Å². The van der Waals surface area contributed by atoms with Crippen molar-refractivity contribution in [1.29, 1.82) is 0 Å². The summed E-state index contributed by atoms with van der Waals surface area (Å²) in [6.45, 7) is 9.30. The molecule has 0 spiro atoms. The zero-order valence-corrected chi connectivity index (χ0v) is 13.3. The van der Waals surface area contributed by atoms with Crippen LogP contribution in [0.25, 0.3) is 0 Å². The van der Waals surface area contributed by atoms with Crippen LogP contribution in [0.1, 0.15) is 52.9 Å². The average Bonchev–Trinajstić information content (AvgIpc) is 2.91. The molecule has 2 heterocycles. The van der Waals surface area contributed by atoms with E-state index < -0.39 is 0 Å². The lowest BCUT2D eigenvalue weighted by molar-refractivity contribution is -0.135. The van der Waals surface area contributed by atoms with Gasteiger partial charge in [-0.3, -0.25) is 4.79 Å². The molecule has 4 nitrogen and oxygen atoms in total. The molecule has 20 heavy (non-hydrogen) atoms. The summed E-state index contributed by atoms with van der Waals surface area (Å²) in [5.74, 6) is 0.443. The van der Waals surface area contributed by atoms with Crippen molar-refractivity contribution in [2.24, 2.45) is 5.92 Å². The maximum absolute atomic E-state index is 12.0. The number of nitrogens with one attached hydrogen (secondary N) is 2. The van der Waals surface area contributed by atoms with Gasteiger partial charge in [0.1, 0.15) is 0 Å². The van der Waals surface area contributed by atoms with Crippen molar-refractivity contribution in [2.45, 2.75) is 71.0 Å². The summed E-state index contributed by atoms with van der Waals surface area (Å²) in [6, 6.07) is 1.87. The Labute approximate surface area is 123 Å². The molecule has 0 aromatic rings. The van der Waals surface area contributed by atoms with E-state index >= 15 is 0 Å². The summed E-state index contributed by atoms with van der Waals surface area (Å²) >= 11 is 0. The van der Waals surface area contributed by atoms with E-state index in [1.807, 2.05) is 18.7 Å². The average molecular weight is 281 g/mol. The van der Waals surface area contributed by atoms with Crippen LogP contribution in [0.5, 0.6) is 0 Å². The van der Waals surface area contributed by atoms with Crippen LogP contribution in [0.2, 0.25) is 0 Å². The minimum Gasteiger partial charge on any atom is -0.342 e. The molecule has 0 bridgehead atoms.